The maximum absolute atomic E-state index is 14.4. The second kappa shape index (κ2) is 15.0. The Hall–Kier alpha value is -3.22. The predicted octanol–water partition coefficient (Wildman–Crippen LogP) is 8.38. The molecule has 5 aliphatic rings. The van der Waals surface area contributed by atoms with E-state index in [1.54, 1.807) is 13.8 Å². The molecule has 12 nitrogen and oxygen atoms in total. The first kappa shape index (κ1) is 43.9. The van der Waals surface area contributed by atoms with Crippen LogP contribution in [-0.4, -0.2) is 84.3 Å². The van der Waals surface area contributed by atoms with E-state index in [9.17, 15) is 24.6 Å². The number of allylic oxidation sites excluding steroid dienone is 1. The molecular weight excluding hydrogens is 768 g/mol. The Balaban J connectivity index is 1.23. The number of Topliss-reactive ketones (excluding diaryl/α,β-unsaturated/α-hetero) is 1. The van der Waals surface area contributed by atoms with Gasteiger partial charge in [-0.2, -0.15) is 0 Å². The van der Waals surface area contributed by atoms with Crippen molar-refractivity contribution in [3.63, 3.8) is 0 Å². The number of halogens is 1. The number of hydrogen-bond donors (Lipinski definition) is 2. The number of fused-ring (bicyclic) bond motifs is 7. The number of carbonyl (C=O) groups is 3. The summed E-state index contributed by atoms with van der Waals surface area (Å²) in [4.78, 5) is 50.4. The second-order valence-electron chi connectivity index (χ2n) is 21.5. The fourth-order valence-electron chi connectivity index (χ4n) is 13.7. The van der Waals surface area contributed by atoms with Gasteiger partial charge in [-0.05, 0) is 130 Å². The van der Waals surface area contributed by atoms with Crippen LogP contribution >= 0.6 is 11.6 Å². The van der Waals surface area contributed by atoms with Crippen LogP contribution in [0.2, 0.25) is 5.02 Å². The van der Waals surface area contributed by atoms with Gasteiger partial charge in [-0.15, -0.1) is 10.2 Å². The largest absolute Gasteiger partial charge is 0.481 e. The van der Waals surface area contributed by atoms with Crippen LogP contribution < -0.4 is 0 Å². The van der Waals surface area contributed by atoms with Crippen molar-refractivity contribution >= 4 is 29.3 Å². The van der Waals surface area contributed by atoms with Gasteiger partial charge in [-0.1, -0.05) is 60.1 Å². The molecule has 59 heavy (non-hydrogen) atoms. The number of ketones is 1. The van der Waals surface area contributed by atoms with Gasteiger partial charge in [0.25, 0.3) is 0 Å². The molecule has 0 saturated heterocycles. The van der Waals surface area contributed by atoms with E-state index in [1.165, 1.54) is 12.4 Å². The fourth-order valence-corrected chi connectivity index (χ4v) is 13.8. The summed E-state index contributed by atoms with van der Waals surface area (Å²) in [7, 11) is 4.01. The van der Waals surface area contributed by atoms with Gasteiger partial charge in [0.2, 0.25) is 5.82 Å². The van der Waals surface area contributed by atoms with Crippen molar-refractivity contribution in [3.8, 4) is 11.6 Å². The molecule has 0 unspecified atom stereocenters. The SMILES string of the molecule is CC(C)C1=C2[C@H]3CC[C@@H]4[C@@]5(C)CC[C@H](OC(=O)CC(C)(C)C(=O)O)C(C)(C)[C@@H]5CC[C@@]4(C)[C@]3(C)CC[C@@]2([C@H](O)c2nnc(-c3ncc(Cl)cn3)n2CCN(C)C)CC1=O. The van der Waals surface area contributed by atoms with Crippen molar-refractivity contribution in [1.29, 1.82) is 0 Å². The highest BCUT2D eigenvalue weighted by Crippen LogP contribution is 2.77. The van der Waals surface area contributed by atoms with Crippen molar-refractivity contribution in [1.82, 2.24) is 29.6 Å². The van der Waals surface area contributed by atoms with Crippen molar-refractivity contribution < 1.29 is 29.3 Å². The Labute approximate surface area is 355 Å². The third-order valence-corrected chi connectivity index (χ3v) is 17.2. The normalized spacial score (nSPS) is 34.6. The van der Waals surface area contributed by atoms with Crippen molar-refractivity contribution in [2.45, 2.75) is 145 Å². The third-order valence-electron chi connectivity index (χ3n) is 17.0. The monoisotopic (exact) mass is 834 g/mol. The summed E-state index contributed by atoms with van der Waals surface area (Å²) < 4.78 is 8.13. The Morgan fingerprint density at radius 1 is 0.966 bits per heavy atom. The first-order chi connectivity index (χ1) is 27.4. The van der Waals surface area contributed by atoms with Crippen molar-refractivity contribution in [2.75, 3.05) is 20.6 Å². The van der Waals surface area contributed by atoms with E-state index in [4.69, 9.17) is 16.3 Å². The molecule has 0 amide bonds. The van der Waals surface area contributed by atoms with E-state index in [0.29, 0.717) is 53.8 Å². The van der Waals surface area contributed by atoms with E-state index < -0.39 is 28.9 Å². The van der Waals surface area contributed by atoms with Gasteiger partial charge in [-0.25, -0.2) is 9.97 Å². The highest BCUT2D eigenvalue weighted by Gasteiger charge is 2.71. The first-order valence-corrected chi connectivity index (χ1v) is 22.3. The minimum Gasteiger partial charge on any atom is -0.481 e. The summed E-state index contributed by atoms with van der Waals surface area (Å²) >= 11 is 6.15. The highest BCUT2D eigenvalue weighted by atomic mass is 35.5. The number of ether oxygens (including phenoxy) is 1. The van der Waals surface area contributed by atoms with E-state index in [2.05, 4.69) is 73.5 Å². The molecule has 2 heterocycles. The Kier molecular flexibility index (Phi) is 11.1. The van der Waals surface area contributed by atoms with Crippen molar-refractivity contribution in [3.05, 3.63) is 34.4 Å². The molecule has 13 heteroatoms. The second-order valence-corrected chi connectivity index (χ2v) is 22.0. The Morgan fingerprint density at radius 3 is 2.27 bits per heavy atom. The van der Waals surface area contributed by atoms with E-state index in [0.717, 1.165) is 56.1 Å². The summed E-state index contributed by atoms with van der Waals surface area (Å²) in [6.45, 7) is 20.6. The number of aliphatic hydroxyl groups excluding tert-OH is 1. The molecule has 0 bridgehead atoms. The molecule has 0 aliphatic heterocycles. The number of aromatic nitrogens is 5. The quantitative estimate of drug-likeness (QED) is 0.209. The fraction of sp³-hybridized carbons (Fsp3) is 0.761. The number of hydrogen-bond acceptors (Lipinski definition) is 10. The molecule has 2 aromatic rings. The van der Waals surface area contributed by atoms with Gasteiger partial charge in [0.15, 0.2) is 17.4 Å². The summed E-state index contributed by atoms with van der Waals surface area (Å²) in [6, 6.07) is 0. The molecule has 324 valence electrons. The lowest BCUT2D eigenvalue weighted by atomic mass is 9.33. The molecule has 0 radical (unpaired) electrons. The Bertz CT molecular complexity index is 2030. The average Bonchev–Trinajstić information content (AvgIpc) is 3.70. The molecule has 7 rings (SSSR count). The predicted molar refractivity (Wildman–Crippen MR) is 225 cm³/mol. The lowest BCUT2D eigenvalue weighted by Gasteiger charge is -2.72. The van der Waals surface area contributed by atoms with Crippen LogP contribution in [0, 0.1) is 56.2 Å². The van der Waals surface area contributed by atoms with Crippen molar-refractivity contribution in [2.24, 2.45) is 56.2 Å². The summed E-state index contributed by atoms with van der Waals surface area (Å²) in [6.07, 6.45) is 9.06. The van der Waals surface area contributed by atoms with Crippen LogP contribution in [0.4, 0.5) is 0 Å². The molecule has 2 N–H and O–H groups in total. The minimum absolute atomic E-state index is 0.00548. The highest BCUT2D eigenvalue weighted by molar-refractivity contribution is 6.30. The van der Waals surface area contributed by atoms with Crippen LogP contribution in [0.1, 0.15) is 138 Å². The first-order valence-electron chi connectivity index (χ1n) is 21.9. The molecule has 4 saturated carbocycles. The molecular formula is C46H67ClN6O6. The van der Waals surface area contributed by atoms with Crippen LogP contribution in [0.25, 0.3) is 11.6 Å². The van der Waals surface area contributed by atoms with Crippen LogP contribution in [0.3, 0.4) is 0 Å². The molecule has 2 aromatic heterocycles. The third kappa shape index (κ3) is 6.80. The van der Waals surface area contributed by atoms with Gasteiger partial charge in [0.1, 0.15) is 12.2 Å². The molecule has 0 aromatic carbocycles. The molecule has 4 fully saturated rings. The lowest BCUT2D eigenvalue weighted by molar-refractivity contribution is -0.235. The summed E-state index contributed by atoms with van der Waals surface area (Å²) in [5.41, 5.74) is -0.359. The van der Waals surface area contributed by atoms with Gasteiger partial charge in [0.05, 0.1) is 16.9 Å². The number of likely N-dealkylation sites (N-methyl/N-ethyl adjacent to an activating group) is 1. The number of carbonyl (C=O) groups excluding carboxylic acids is 2. The van der Waals surface area contributed by atoms with Gasteiger partial charge in [0, 0.05) is 42.7 Å². The number of carboxylic acid groups (broad SMARTS) is 1. The van der Waals surface area contributed by atoms with E-state index >= 15 is 0 Å². The molecule has 5 aliphatic carbocycles. The summed E-state index contributed by atoms with van der Waals surface area (Å²) in [5, 5.41) is 32.2. The molecule has 9 atom stereocenters. The number of aliphatic carboxylic acids is 1. The number of aliphatic hydroxyl groups is 1. The number of carboxylic acids is 1. The number of nitrogens with zero attached hydrogens (tertiary/aromatic N) is 6. The van der Waals surface area contributed by atoms with E-state index in [1.807, 2.05) is 18.7 Å². The van der Waals surface area contributed by atoms with Gasteiger partial charge in [-0.3, -0.25) is 14.4 Å². The summed E-state index contributed by atoms with van der Waals surface area (Å²) in [5.74, 6) is 0.856. The Morgan fingerprint density at radius 2 is 1.64 bits per heavy atom. The number of rotatable bonds is 11. The molecule has 0 spiro atoms. The minimum atomic E-state index is -1.19. The van der Waals surface area contributed by atoms with Crippen LogP contribution in [0.5, 0.6) is 0 Å². The van der Waals surface area contributed by atoms with Gasteiger partial charge < -0.3 is 24.4 Å². The van der Waals surface area contributed by atoms with Crippen LogP contribution in [-0.2, 0) is 25.7 Å². The average molecular weight is 836 g/mol. The zero-order valence-electron chi connectivity index (χ0n) is 37.2. The lowest BCUT2D eigenvalue weighted by Crippen LogP contribution is -2.66. The van der Waals surface area contributed by atoms with E-state index in [-0.39, 0.29) is 58.2 Å². The maximum atomic E-state index is 14.4. The zero-order valence-corrected chi connectivity index (χ0v) is 37.9. The maximum Gasteiger partial charge on any atom is 0.309 e. The zero-order chi connectivity index (χ0) is 43.2. The number of esters is 1. The topological polar surface area (TPSA) is 161 Å². The van der Waals surface area contributed by atoms with Gasteiger partial charge >= 0.3 is 11.9 Å². The smallest absolute Gasteiger partial charge is 0.309 e. The standard InChI is InChI=1S/C46H67ClN6O6/c1-26(2)34-29(54)22-46(36(56)38-50-51-39(53(38)21-20-52(10)11)37-48-24-27(47)25-49-37)19-18-44(8)28(35(34)46)12-13-31-43(7)16-15-32(59-33(55)23-41(3,4)40(57)58)42(5,6)30(43)14-17-45(31,44)9/h24-26,28,30-32,36,56H,12-23H2,1-11H3,(H,57,58)/t28-,30+,31-,32+,36-,43+,44-,45-,46-/m1/s1. The van der Waals surface area contributed by atoms with Crippen LogP contribution in [0.15, 0.2) is 23.5 Å².